The van der Waals surface area contributed by atoms with Crippen LogP contribution in [0.4, 0.5) is 0 Å². The van der Waals surface area contributed by atoms with Gasteiger partial charge in [0, 0.05) is 0 Å². The van der Waals surface area contributed by atoms with Gasteiger partial charge in [-0.2, -0.15) is 0 Å². The third kappa shape index (κ3) is 3.74. The third-order valence-electron chi connectivity index (χ3n) is 1.48. The van der Waals surface area contributed by atoms with Crippen LogP contribution in [0.15, 0.2) is 0 Å². The summed E-state index contributed by atoms with van der Waals surface area (Å²) in [6.07, 6.45) is 0. The predicted octanol–water partition coefficient (Wildman–Crippen LogP) is 1.31. The molecule has 0 saturated carbocycles. The van der Waals surface area contributed by atoms with E-state index >= 15 is 0 Å². The van der Waals surface area contributed by atoms with E-state index in [9.17, 15) is 0 Å². The number of hydrogen-bond donors (Lipinski definition) is 0. The van der Waals surface area contributed by atoms with Gasteiger partial charge in [0.2, 0.25) is 0 Å². The first-order valence-electron chi connectivity index (χ1n) is 3.51. The summed E-state index contributed by atoms with van der Waals surface area (Å²) in [7, 11) is 4.45. The Morgan fingerprint density at radius 1 is 1.10 bits per heavy atom. The molecule has 0 unspecified atom stereocenters. The van der Waals surface area contributed by atoms with Crippen LogP contribution < -0.4 is 0 Å². The van der Waals surface area contributed by atoms with Gasteiger partial charge in [0.05, 0.1) is 0 Å². The molecule has 0 fully saturated rings. The van der Waals surface area contributed by atoms with Crippen LogP contribution in [-0.2, 0) is 0 Å². The van der Waals surface area contributed by atoms with E-state index in [-0.39, 0.29) is 0 Å². The van der Waals surface area contributed by atoms with Gasteiger partial charge in [-0.15, -0.1) is 0 Å². The van der Waals surface area contributed by atoms with Crippen LogP contribution in [0, 0.1) is 0 Å². The maximum absolute atomic E-state index is 2.63. The van der Waals surface area contributed by atoms with Gasteiger partial charge in [-0.05, 0) is 0 Å². The number of halogens is 1. The molecule has 0 aromatic rings. The Labute approximate surface area is 81.7 Å². The van der Waals surface area contributed by atoms with Gasteiger partial charge in [-0.1, -0.05) is 0 Å². The summed E-state index contributed by atoms with van der Waals surface area (Å²) in [6.45, 7) is 6.82. The standard InChI is InChI=1S/2C3H8N.HI.Sb/c2*1-3-4-2;;/h2*3H2,1-2H3;1H;/q2*-1;;+3/p-1. The van der Waals surface area contributed by atoms with Crippen molar-refractivity contribution in [2.45, 2.75) is 13.8 Å². The molecule has 0 bridgehead atoms. The zero-order chi connectivity index (χ0) is 8.15. The minimum atomic E-state index is -1.17. The molecule has 2 nitrogen and oxygen atoms in total. The fraction of sp³-hybridized carbons (Fsp3) is 1.00. The molecule has 0 amide bonds. The molecule has 0 aromatic heterocycles. The number of rotatable bonds is 4. The molecule has 0 aromatic carbocycles. The Bertz CT molecular complexity index is 81.8. The van der Waals surface area contributed by atoms with Crippen molar-refractivity contribution >= 4 is 35.2 Å². The second kappa shape index (κ2) is 6.04. The first-order valence-corrected chi connectivity index (χ1v) is 13.2. The van der Waals surface area contributed by atoms with E-state index in [1.807, 2.05) is 0 Å². The molecule has 4 heteroatoms. The SMILES string of the molecule is CC[N](C)[Sb]([I])[N](C)CC. The monoisotopic (exact) mass is 364 g/mol. The molecular formula is C6H16IN2Sb. The minimum absolute atomic E-state index is 1.17. The van der Waals surface area contributed by atoms with Crippen LogP contribution in [0.5, 0.6) is 0 Å². The van der Waals surface area contributed by atoms with Gasteiger partial charge in [0.1, 0.15) is 0 Å². The van der Waals surface area contributed by atoms with Crippen molar-refractivity contribution in [3.8, 4) is 0 Å². The van der Waals surface area contributed by atoms with Crippen LogP contribution >= 0.6 is 18.5 Å². The second-order valence-electron chi connectivity index (χ2n) is 2.19. The predicted molar refractivity (Wildman–Crippen MR) is 56.4 cm³/mol. The Kier molecular flexibility index (Phi) is 6.92. The number of hydrogen-bond acceptors (Lipinski definition) is 2. The topological polar surface area (TPSA) is 6.48 Å². The van der Waals surface area contributed by atoms with Crippen molar-refractivity contribution in [1.29, 1.82) is 0 Å². The van der Waals surface area contributed by atoms with Crippen LogP contribution in [0.3, 0.4) is 0 Å². The van der Waals surface area contributed by atoms with Crippen molar-refractivity contribution in [2.75, 3.05) is 27.2 Å². The Morgan fingerprint density at radius 3 is 1.60 bits per heavy atom. The van der Waals surface area contributed by atoms with Crippen LogP contribution in [0.1, 0.15) is 13.8 Å². The van der Waals surface area contributed by atoms with Crippen LogP contribution in [0.2, 0.25) is 0 Å². The molecule has 0 aliphatic heterocycles. The third-order valence-corrected chi connectivity index (χ3v) is 16.2. The second-order valence-corrected chi connectivity index (χ2v) is 13.2. The summed E-state index contributed by atoms with van der Waals surface area (Å²) in [6, 6.07) is 0. The van der Waals surface area contributed by atoms with Crippen LogP contribution in [0.25, 0.3) is 0 Å². The van der Waals surface area contributed by atoms with E-state index in [2.05, 4.69) is 52.6 Å². The van der Waals surface area contributed by atoms with Crippen molar-refractivity contribution in [3.63, 3.8) is 0 Å². The van der Waals surface area contributed by atoms with E-state index in [1.54, 1.807) is 0 Å². The van der Waals surface area contributed by atoms with Gasteiger partial charge in [0.25, 0.3) is 0 Å². The summed E-state index contributed by atoms with van der Waals surface area (Å²) >= 11 is 1.46. The fourth-order valence-corrected chi connectivity index (χ4v) is 7.41. The van der Waals surface area contributed by atoms with E-state index < -0.39 is 16.7 Å². The Hall–Kier alpha value is 1.47. The zero-order valence-corrected chi connectivity index (χ0v) is 11.8. The van der Waals surface area contributed by atoms with E-state index in [0.29, 0.717) is 0 Å². The summed E-state index contributed by atoms with van der Waals surface area (Å²) < 4.78 is 4.99. The summed E-state index contributed by atoms with van der Waals surface area (Å²) in [5, 5.41) is 0. The molecule has 0 N–H and O–H groups in total. The van der Waals surface area contributed by atoms with E-state index in [0.717, 1.165) is 0 Å². The quantitative estimate of drug-likeness (QED) is 0.548. The molecule has 0 heterocycles. The first-order chi connectivity index (χ1) is 4.63. The molecule has 0 aliphatic carbocycles. The summed E-state index contributed by atoms with van der Waals surface area (Å²) in [5.41, 5.74) is 0. The molecule has 0 rings (SSSR count). The van der Waals surface area contributed by atoms with Gasteiger partial charge in [0.15, 0.2) is 0 Å². The average Bonchev–Trinajstić information content (AvgIpc) is 2.00. The fourth-order valence-electron chi connectivity index (χ4n) is 0.494. The molecule has 0 radical (unpaired) electrons. The van der Waals surface area contributed by atoms with E-state index in [1.165, 1.54) is 13.1 Å². The molecule has 10 heavy (non-hydrogen) atoms. The zero-order valence-electron chi connectivity index (χ0n) is 7.13. The van der Waals surface area contributed by atoms with Crippen molar-refractivity contribution in [3.05, 3.63) is 0 Å². The van der Waals surface area contributed by atoms with Crippen molar-refractivity contribution in [2.24, 2.45) is 0 Å². The molecular weight excluding hydrogens is 349 g/mol. The molecule has 0 saturated heterocycles. The Morgan fingerprint density at radius 2 is 1.40 bits per heavy atom. The van der Waals surface area contributed by atoms with Gasteiger partial charge in [-0.3, -0.25) is 0 Å². The number of nitrogens with zero attached hydrogens (tertiary/aromatic N) is 2. The molecule has 0 atom stereocenters. The molecule has 0 aliphatic rings. The maximum atomic E-state index is 2.63. The summed E-state index contributed by atoms with van der Waals surface area (Å²) in [5.74, 6) is 0. The molecule has 62 valence electrons. The van der Waals surface area contributed by atoms with Crippen molar-refractivity contribution in [1.82, 2.24) is 6.12 Å². The average molecular weight is 365 g/mol. The van der Waals surface area contributed by atoms with Gasteiger partial charge >= 0.3 is 82.4 Å². The van der Waals surface area contributed by atoms with Gasteiger partial charge in [-0.25, -0.2) is 0 Å². The van der Waals surface area contributed by atoms with Crippen molar-refractivity contribution < 1.29 is 0 Å². The Balaban J connectivity index is 3.69. The van der Waals surface area contributed by atoms with E-state index in [4.69, 9.17) is 0 Å². The normalized spacial score (nSPS) is 12.0. The summed E-state index contributed by atoms with van der Waals surface area (Å²) in [4.78, 5) is 0. The van der Waals surface area contributed by atoms with Gasteiger partial charge < -0.3 is 0 Å². The molecule has 0 spiro atoms. The van der Waals surface area contributed by atoms with Crippen LogP contribution in [-0.4, -0.2) is 50.0 Å². The first kappa shape index (κ1) is 11.5.